The molecule has 1 N–H and O–H groups in total. The van der Waals surface area contributed by atoms with Crippen LogP contribution in [0.3, 0.4) is 0 Å². The Balaban J connectivity index is 1.26. The Hall–Kier alpha value is -2.02. The molecule has 28 heavy (non-hydrogen) atoms. The number of hydrogen-bond donors (Lipinski definition) is 1. The lowest BCUT2D eigenvalue weighted by molar-refractivity contribution is -0.122. The molecule has 0 radical (unpaired) electrons. The predicted octanol–water partition coefficient (Wildman–Crippen LogP) is 4.58. The maximum absolute atomic E-state index is 12.9. The largest absolute Gasteiger partial charge is 0.351 e. The summed E-state index contributed by atoms with van der Waals surface area (Å²) in [6.45, 7) is 2.57. The maximum atomic E-state index is 12.9. The summed E-state index contributed by atoms with van der Waals surface area (Å²) >= 11 is 7.80. The van der Waals surface area contributed by atoms with E-state index in [-0.39, 0.29) is 11.7 Å². The van der Waals surface area contributed by atoms with Crippen molar-refractivity contribution in [2.75, 3.05) is 19.6 Å². The third-order valence-corrected chi connectivity index (χ3v) is 6.51. The molecule has 0 aliphatic carbocycles. The van der Waals surface area contributed by atoms with Crippen LogP contribution in [0.15, 0.2) is 42.5 Å². The number of nitrogens with one attached hydrogen (secondary N) is 1. The second kappa shape index (κ2) is 8.55. The topological polar surface area (TPSA) is 45.2 Å². The molecule has 1 aliphatic heterocycles. The summed E-state index contributed by atoms with van der Waals surface area (Å²) in [7, 11) is 0. The van der Waals surface area contributed by atoms with Gasteiger partial charge in [0.25, 0.3) is 0 Å². The van der Waals surface area contributed by atoms with Gasteiger partial charge in [-0.1, -0.05) is 23.7 Å². The normalized spacial score (nSPS) is 15.8. The van der Waals surface area contributed by atoms with Crippen LogP contribution >= 0.6 is 22.9 Å². The summed E-state index contributed by atoms with van der Waals surface area (Å²) < 4.78 is 14.1. The Morgan fingerprint density at radius 3 is 2.71 bits per heavy atom. The van der Waals surface area contributed by atoms with Crippen LogP contribution in [0.1, 0.15) is 29.3 Å². The van der Waals surface area contributed by atoms with Crippen molar-refractivity contribution in [1.82, 2.24) is 15.2 Å². The van der Waals surface area contributed by atoms with Crippen LogP contribution in [0, 0.1) is 5.82 Å². The van der Waals surface area contributed by atoms with E-state index in [0.29, 0.717) is 24.0 Å². The number of nitrogens with zero attached hydrogens (tertiary/aromatic N) is 2. The van der Waals surface area contributed by atoms with Crippen molar-refractivity contribution >= 4 is 39.1 Å². The van der Waals surface area contributed by atoms with Crippen LogP contribution < -0.4 is 5.32 Å². The van der Waals surface area contributed by atoms with Gasteiger partial charge in [-0.15, -0.1) is 11.3 Å². The lowest BCUT2D eigenvalue weighted by Gasteiger charge is -2.30. The molecule has 0 unspecified atom stereocenters. The number of thiazole rings is 1. The van der Waals surface area contributed by atoms with Gasteiger partial charge < -0.3 is 5.32 Å². The number of aromatic nitrogens is 1. The lowest BCUT2D eigenvalue weighted by atomic mass is 9.97. The molecular formula is C21H21ClFN3OS. The van der Waals surface area contributed by atoms with Gasteiger partial charge in [-0.25, -0.2) is 9.37 Å². The number of amides is 1. The van der Waals surface area contributed by atoms with Gasteiger partial charge in [-0.05, 0) is 61.8 Å². The van der Waals surface area contributed by atoms with E-state index in [0.717, 1.165) is 42.0 Å². The van der Waals surface area contributed by atoms with E-state index < -0.39 is 0 Å². The van der Waals surface area contributed by atoms with E-state index in [2.05, 4.69) is 10.2 Å². The Labute approximate surface area is 172 Å². The lowest BCUT2D eigenvalue weighted by Crippen LogP contribution is -2.41. The highest BCUT2D eigenvalue weighted by atomic mass is 35.5. The van der Waals surface area contributed by atoms with Crippen molar-refractivity contribution in [3.8, 4) is 0 Å². The summed E-state index contributed by atoms with van der Waals surface area (Å²) in [5.41, 5.74) is 1.86. The summed E-state index contributed by atoms with van der Waals surface area (Å²) in [6, 6.07) is 12.0. The zero-order valence-electron chi connectivity index (χ0n) is 15.3. The molecule has 1 saturated heterocycles. The zero-order valence-corrected chi connectivity index (χ0v) is 16.9. The van der Waals surface area contributed by atoms with Crippen LogP contribution in [-0.2, 0) is 11.3 Å². The van der Waals surface area contributed by atoms with Gasteiger partial charge in [0.05, 0.1) is 21.8 Å². The Bertz CT molecular complexity index is 967. The molecule has 1 aliphatic rings. The van der Waals surface area contributed by atoms with Gasteiger partial charge in [0.2, 0.25) is 5.91 Å². The monoisotopic (exact) mass is 417 g/mol. The summed E-state index contributed by atoms with van der Waals surface area (Å²) in [5, 5.41) is 4.78. The quantitative estimate of drug-likeness (QED) is 0.660. The highest BCUT2D eigenvalue weighted by molar-refractivity contribution is 7.18. The average Bonchev–Trinajstić information content (AvgIpc) is 3.11. The Morgan fingerprint density at radius 2 is 1.96 bits per heavy atom. The number of carbonyl (C=O) groups is 1. The van der Waals surface area contributed by atoms with Crippen molar-refractivity contribution < 1.29 is 9.18 Å². The average molecular weight is 418 g/mol. The standard InChI is InChI=1S/C21H21ClFN3OS/c22-16-3-6-19-18(11-16)25-21(28-19)15-7-9-26(10-8-15)13-20(27)24-12-14-1-4-17(23)5-2-14/h1-6,11,15H,7-10,12-13H2,(H,24,27). The molecule has 0 saturated carbocycles. The van der Waals surface area contributed by atoms with Crippen LogP contribution in [0.5, 0.6) is 0 Å². The molecule has 0 bridgehead atoms. The molecule has 7 heteroatoms. The van der Waals surface area contributed by atoms with Gasteiger partial charge >= 0.3 is 0 Å². The minimum absolute atomic E-state index is 0.00240. The number of carbonyl (C=O) groups excluding carboxylic acids is 1. The molecule has 2 aromatic carbocycles. The SMILES string of the molecule is O=C(CN1CCC(c2nc3cc(Cl)ccc3s2)CC1)NCc1ccc(F)cc1. The molecule has 146 valence electrons. The second-order valence-corrected chi connectivity index (χ2v) is 8.62. The molecule has 1 aromatic heterocycles. The van der Waals surface area contributed by atoms with E-state index in [1.807, 2.05) is 18.2 Å². The number of hydrogen-bond acceptors (Lipinski definition) is 4. The zero-order chi connectivity index (χ0) is 19.5. The second-order valence-electron chi connectivity index (χ2n) is 7.12. The minimum Gasteiger partial charge on any atom is -0.351 e. The molecule has 4 rings (SSSR count). The summed E-state index contributed by atoms with van der Waals surface area (Å²) in [6.07, 6.45) is 2.00. The predicted molar refractivity (Wildman–Crippen MR) is 111 cm³/mol. The smallest absolute Gasteiger partial charge is 0.234 e. The fourth-order valence-electron chi connectivity index (χ4n) is 3.49. The van der Waals surface area contributed by atoms with Crippen LogP contribution in [-0.4, -0.2) is 35.4 Å². The van der Waals surface area contributed by atoms with E-state index in [1.165, 1.54) is 16.8 Å². The molecule has 2 heterocycles. The molecular weight excluding hydrogens is 397 g/mol. The number of halogens is 2. The van der Waals surface area contributed by atoms with E-state index in [1.54, 1.807) is 23.5 Å². The van der Waals surface area contributed by atoms with Crippen molar-refractivity contribution in [2.24, 2.45) is 0 Å². The Morgan fingerprint density at radius 1 is 1.21 bits per heavy atom. The van der Waals surface area contributed by atoms with Crippen molar-refractivity contribution in [3.05, 3.63) is 63.9 Å². The third kappa shape index (κ3) is 4.69. The first-order valence-electron chi connectivity index (χ1n) is 9.36. The van der Waals surface area contributed by atoms with Crippen LogP contribution in [0.25, 0.3) is 10.2 Å². The van der Waals surface area contributed by atoms with Crippen LogP contribution in [0.2, 0.25) is 5.02 Å². The molecule has 0 spiro atoms. The number of likely N-dealkylation sites (tertiary alicyclic amines) is 1. The van der Waals surface area contributed by atoms with Gasteiger partial charge in [0.1, 0.15) is 5.82 Å². The highest BCUT2D eigenvalue weighted by Gasteiger charge is 2.24. The summed E-state index contributed by atoms with van der Waals surface area (Å²) in [5.74, 6) is 0.168. The number of rotatable bonds is 5. The van der Waals surface area contributed by atoms with Crippen molar-refractivity contribution in [1.29, 1.82) is 0 Å². The number of fused-ring (bicyclic) bond motifs is 1. The molecule has 0 atom stereocenters. The van der Waals surface area contributed by atoms with E-state index in [4.69, 9.17) is 16.6 Å². The highest BCUT2D eigenvalue weighted by Crippen LogP contribution is 2.34. The first-order valence-corrected chi connectivity index (χ1v) is 10.6. The van der Waals surface area contributed by atoms with E-state index in [9.17, 15) is 9.18 Å². The van der Waals surface area contributed by atoms with E-state index >= 15 is 0 Å². The fraction of sp³-hybridized carbons (Fsp3) is 0.333. The number of piperidine rings is 1. The first kappa shape index (κ1) is 19.3. The van der Waals surface area contributed by atoms with Gasteiger partial charge in [-0.3, -0.25) is 9.69 Å². The van der Waals surface area contributed by atoms with Crippen molar-refractivity contribution in [2.45, 2.75) is 25.3 Å². The molecule has 3 aromatic rings. The third-order valence-electron chi connectivity index (χ3n) is 5.07. The summed E-state index contributed by atoms with van der Waals surface area (Å²) in [4.78, 5) is 19.1. The van der Waals surface area contributed by atoms with Gasteiger partial charge in [0, 0.05) is 17.5 Å². The van der Waals surface area contributed by atoms with Crippen molar-refractivity contribution in [3.63, 3.8) is 0 Å². The van der Waals surface area contributed by atoms with Crippen LogP contribution in [0.4, 0.5) is 4.39 Å². The van der Waals surface area contributed by atoms with Gasteiger partial charge in [0.15, 0.2) is 0 Å². The van der Waals surface area contributed by atoms with Gasteiger partial charge in [-0.2, -0.15) is 0 Å². The first-order chi connectivity index (χ1) is 13.6. The number of benzene rings is 2. The molecule has 1 amide bonds. The molecule has 1 fully saturated rings. The maximum Gasteiger partial charge on any atom is 0.234 e. The fourth-order valence-corrected chi connectivity index (χ4v) is 4.78. The minimum atomic E-state index is -0.269. The Kier molecular flexibility index (Phi) is 5.90. The molecule has 4 nitrogen and oxygen atoms in total.